The van der Waals surface area contributed by atoms with Crippen molar-refractivity contribution in [2.75, 3.05) is 26.2 Å². The fourth-order valence-corrected chi connectivity index (χ4v) is 1.86. The van der Waals surface area contributed by atoms with Crippen LogP contribution in [-0.4, -0.2) is 58.5 Å². The van der Waals surface area contributed by atoms with Crippen LogP contribution in [-0.2, 0) is 9.59 Å². The normalized spacial score (nSPS) is 11.7. The summed E-state index contributed by atoms with van der Waals surface area (Å²) in [4.78, 5) is 26.7. The molecule has 0 unspecified atom stereocenters. The van der Waals surface area contributed by atoms with Crippen molar-refractivity contribution >= 4 is 11.9 Å². The van der Waals surface area contributed by atoms with E-state index in [1.807, 2.05) is 39.5 Å². The lowest BCUT2D eigenvalue weighted by Crippen LogP contribution is -2.50. The van der Waals surface area contributed by atoms with E-state index in [1.165, 1.54) is 0 Å². The molecule has 0 fully saturated rings. The maximum Gasteiger partial charge on any atom is 0.317 e. The van der Waals surface area contributed by atoms with Gasteiger partial charge >= 0.3 is 5.97 Å². The van der Waals surface area contributed by atoms with E-state index in [4.69, 9.17) is 5.11 Å². The molecule has 0 aliphatic heterocycles. The fraction of sp³-hybridized carbons (Fsp3) is 0.857. The van der Waals surface area contributed by atoms with Crippen LogP contribution in [0.1, 0.15) is 47.5 Å². The predicted molar refractivity (Wildman–Crippen MR) is 76.1 cm³/mol. The Morgan fingerprint density at radius 3 is 1.79 bits per heavy atom. The van der Waals surface area contributed by atoms with Crippen LogP contribution in [0, 0.1) is 0 Å². The van der Waals surface area contributed by atoms with Gasteiger partial charge in [-0.3, -0.25) is 14.5 Å². The Morgan fingerprint density at radius 2 is 1.47 bits per heavy atom. The molecule has 5 nitrogen and oxygen atoms in total. The van der Waals surface area contributed by atoms with Gasteiger partial charge in [-0.25, -0.2) is 0 Å². The third-order valence-corrected chi connectivity index (χ3v) is 2.94. The topological polar surface area (TPSA) is 60.9 Å². The molecule has 0 heterocycles. The van der Waals surface area contributed by atoms with E-state index in [1.54, 1.807) is 4.90 Å². The van der Waals surface area contributed by atoms with Gasteiger partial charge in [-0.05, 0) is 33.6 Å². The highest BCUT2D eigenvalue weighted by molar-refractivity contribution is 5.79. The van der Waals surface area contributed by atoms with E-state index in [9.17, 15) is 9.59 Å². The molecule has 0 aliphatic carbocycles. The van der Waals surface area contributed by atoms with Gasteiger partial charge in [0.05, 0.1) is 13.1 Å². The third-order valence-electron chi connectivity index (χ3n) is 2.94. The first-order chi connectivity index (χ1) is 8.72. The summed E-state index contributed by atoms with van der Waals surface area (Å²) < 4.78 is 0. The molecule has 0 aliphatic rings. The summed E-state index contributed by atoms with van der Waals surface area (Å²) in [6, 6.07) is 0. The Labute approximate surface area is 116 Å². The number of rotatable bonds is 8. The van der Waals surface area contributed by atoms with Crippen molar-refractivity contribution in [3.05, 3.63) is 0 Å². The molecule has 19 heavy (non-hydrogen) atoms. The molecule has 0 aromatic rings. The first-order valence-corrected chi connectivity index (χ1v) is 6.97. The summed E-state index contributed by atoms with van der Waals surface area (Å²) in [5.74, 6) is -0.889. The van der Waals surface area contributed by atoms with Gasteiger partial charge in [0.25, 0.3) is 0 Å². The van der Waals surface area contributed by atoms with E-state index in [-0.39, 0.29) is 24.5 Å². The summed E-state index contributed by atoms with van der Waals surface area (Å²) in [5.41, 5.74) is -0.335. The molecule has 0 radical (unpaired) electrons. The Balaban J connectivity index is 4.72. The maximum atomic E-state index is 12.3. The minimum atomic E-state index is -0.903. The lowest BCUT2D eigenvalue weighted by atomic mass is 10.1. The summed E-state index contributed by atoms with van der Waals surface area (Å²) >= 11 is 0. The summed E-state index contributed by atoms with van der Waals surface area (Å²) in [7, 11) is 0. The largest absolute Gasteiger partial charge is 0.480 e. The number of hydrogen-bond acceptors (Lipinski definition) is 3. The van der Waals surface area contributed by atoms with Crippen LogP contribution in [0.5, 0.6) is 0 Å². The van der Waals surface area contributed by atoms with Crippen LogP contribution in [0.2, 0.25) is 0 Å². The van der Waals surface area contributed by atoms with E-state index in [0.717, 1.165) is 25.9 Å². The molecular weight excluding hydrogens is 244 g/mol. The number of amides is 1. The second kappa shape index (κ2) is 8.15. The van der Waals surface area contributed by atoms with Crippen molar-refractivity contribution in [1.29, 1.82) is 0 Å². The molecule has 0 bridgehead atoms. The molecule has 0 aromatic heterocycles. The van der Waals surface area contributed by atoms with Crippen LogP contribution in [0.3, 0.4) is 0 Å². The zero-order chi connectivity index (χ0) is 15.1. The van der Waals surface area contributed by atoms with Gasteiger partial charge in [0.2, 0.25) is 5.91 Å². The minimum Gasteiger partial charge on any atom is -0.480 e. The van der Waals surface area contributed by atoms with Crippen molar-refractivity contribution in [1.82, 2.24) is 9.80 Å². The van der Waals surface area contributed by atoms with E-state index >= 15 is 0 Å². The van der Waals surface area contributed by atoms with Gasteiger partial charge in [-0.1, -0.05) is 13.8 Å². The Bertz CT molecular complexity index is 292. The predicted octanol–water partition coefficient (Wildman–Crippen LogP) is 1.82. The second-order valence-corrected chi connectivity index (χ2v) is 5.80. The van der Waals surface area contributed by atoms with Gasteiger partial charge in [-0.15, -0.1) is 0 Å². The minimum absolute atomic E-state index is 0.0138. The van der Waals surface area contributed by atoms with Gasteiger partial charge in [-0.2, -0.15) is 0 Å². The van der Waals surface area contributed by atoms with E-state index < -0.39 is 5.97 Å². The van der Waals surface area contributed by atoms with Crippen LogP contribution < -0.4 is 0 Å². The number of carboxylic acid groups (broad SMARTS) is 1. The summed E-state index contributed by atoms with van der Waals surface area (Å²) in [6.45, 7) is 11.4. The highest BCUT2D eigenvalue weighted by atomic mass is 16.4. The van der Waals surface area contributed by atoms with E-state index in [2.05, 4.69) is 0 Å². The third kappa shape index (κ3) is 7.15. The summed E-state index contributed by atoms with van der Waals surface area (Å²) in [5, 5.41) is 8.94. The van der Waals surface area contributed by atoms with Gasteiger partial charge < -0.3 is 10.0 Å². The first kappa shape index (κ1) is 17.9. The van der Waals surface area contributed by atoms with Crippen LogP contribution in [0.4, 0.5) is 0 Å². The highest BCUT2D eigenvalue weighted by Crippen LogP contribution is 2.13. The van der Waals surface area contributed by atoms with Crippen molar-refractivity contribution in [2.45, 2.75) is 53.0 Å². The van der Waals surface area contributed by atoms with Gasteiger partial charge in [0.15, 0.2) is 0 Å². The molecule has 5 heteroatoms. The number of hydrogen-bond donors (Lipinski definition) is 1. The van der Waals surface area contributed by atoms with Crippen LogP contribution in [0.15, 0.2) is 0 Å². The van der Waals surface area contributed by atoms with Crippen molar-refractivity contribution in [2.24, 2.45) is 0 Å². The standard InChI is InChI=1S/C14H28N2O3/c1-6-8-15(9-7-2)12(17)10-16(11-13(18)19)14(3,4)5/h6-11H2,1-5H3,(H,18,19). The van der Waals surface area contributed by atoms with Crippen LogP contribution >= 0.6 is 0 Å². The molecule has 0 atom stereocenters. The zero-order valence-electron chi connectivity index (χ0n) is 12.9. The van der Waals surface area contributed by atoms with Crippen LogP contribution in [0.25, 0.3) is 0 Å². The number of carboxylic acids is 1. The van der Waals surface area contributed by atoms with Gasteiger partial charge in [0.1, 0.15) is 0 Å². The number of carbonyl (C=O) groups is 2. The Kier molecular flexibility index (Phi) is 7.68. The van der Waals surface area contributed by atoms with Gasteiger partial charge in [0, 0.05) is 18.6 Å². The number of nitrogens with zero attached hydrogens (tertiary/aromatic N) is 2. The number of aliphatic carboxylic acids is 1. The average molecular weight is 272 g/mol. The zero-order valence-corrected chi connectivity index (χ0v) is 12.9. The first-order valence-electron chi connectivity index (χ1n) is 6.97. The fourth-order valence-electron chi connectivity index (χ4n) is 1.86. The molecule has 0 rings (SSSR count). The molecule has 0 saturated heterocycles. The monoisotopic (exact) mass is 272 g/mol. The van der Waals surface area contributed by atoms with Crippen molar-refractivity contribution < 1.29 is 14.7 Å². The number of carbonyl (C=O) groups excluding carboxylic acids is 1. The average Bonchev–Trinajstić information content (AvgIpc) is 2.26. The molecule has 0 spiro atoms. The second-order valence-electron chi connectivity index (χ2n) is 5.80. The lowest BCUT2D eigenvalue weighted by molar-refractivity contribution is -0.142. The summed E-state index contributed by atoms with van der Waals surface area (Å²) in [6.07, 6.45) is 1.83. The molecule has 112 valence electrons. The molecule has 0 aromatic carbocycles. The maximum absolute atomic E-state index is 12.3. The Hall–Kier alpha value is -1.10. The smallest absolute Gasteiger partial charge is 0.317 e. The quantitative estimate of drug-likeness (QED) is 0.732. The SMILES string of the molecule is CCCN(CCC)C(=O)CN(CC(=O)O)C(C)(C)C. The lowest BCUT2D eigenvalue weighted by Gasteiger charge is -2.35. The van der Waals surface area contributed by atoms with Crippen molar-refractivity contribution in [3.8, 4) is 0 Å². The molecular formula is C14H28N2O3. The molecule has 0 saturated carbocycles. The Morgan fingerprint density at radius 1 is 1.00 bits per heavy atom. The highest BCUT2D eigenvalue weighted by Gasteiger charge is 2.27. The molecule has 1 amide bonds. The van der Waals surface area contributed by atoms with E-state index in [0.29, 0.717) is 0 Å². The van der Waals surface area contributed by atoms with Crippen molar-refractivity contribution in [3.63, 3.8) is 0 Å². The molecule has 1 N–H and O–H groups in total.